The molecule has 0 atom stereocenters. The smallest absolute Gasteiger partial charge is 0.246 e. The molecule has 1 amide bonds. The lowest BCUT2D eigenvalue weighted by Gasteiger charge is -2.03. The molecule has 3 nitrogen and oxygen atoms in total. The van der Waals surface area contributed by atoms with Gasteiger partial charge in [-0.05, 0) is 33.2 Å². The van der Waals surface area contributed by atoms with Crippen LogP contribution < -0.4 is 11.1 Å². The van der Waals surface area contributed by atoms with Gasteiger partial charge in [0.1, 0.15) is 0 Å². The molecule has 0 bridgehead atoms. The quantitative estimate of drug-likeness (QED) is 0.525. The highest BCUT2D eigenvalue weighted by atomic mass is 35.5. The second-order valence-electron chi connectivity index (χ2n) is 2.72. The Hall–Kier alpha value is -0.540. The van der Waals surface area contributed by atoms with Gasteiger partial charge in [-0.3, -0.25) is 4.79 Å². The van der Waals surface area contributed by atoms with Gasteiger partial charge < -0.3 is 11.1 Å². The van der Waals surface area contributed by atoms with E-state index in [4.69, 9.17) is 5.73 Å². The van der Waals surface area contributed by atoms with E-state index in [0.29, 0.717) is 6.54 Å². The van der Waals surface area contributed by atoms with Crippen LogP contribution in [0, 0.1) is 0 Å². The Morgan fingerprint density at radius 2 is 2.08 bits per heavy atom. The van der Waals surface area contributed by atoms with Gasteiger partial charge >= 0.3 is 0 Å². The van der Waals surface area contributed by atoms with Gasteiger partial charge in [0, 0.05) is 12.1 Å². The molecule has 0 saturated heterocycles. The van der Waals surface area contributed by atoms with Crippen molar-refractivity contribution in [2.24, 2.45) is 5.73 Å². The number of nitrogens with one attached hydrogen (secondary N) is 1. The maximum Gasteiger partial charge on any atom is 0.246 e. The molecule has 0 aromatic rings. The highest BCUT2D eigenvalue weighted by molar-refractivity contribution is 5.92. The maximum atomic E-state index is 11.1. The molecule has 0 heterocycles. The van der Waals surface area contributed by atoms with Crippen LogP contribution in [0.3, 0.4) is 0 Å². The number of allylic oxidation sites excluding steroid dienone is 1. The minimum atomic E-state index is 0. The molecule has 0 aliphatic carbocycles. The van der Waals surface area contributed by atoms with E-state index >= 15 is 0 Å². The lowest BCUT2D eigenvalue weighted by molar-refractivity contribution is -0.117. The molecule has 0 rings (SSSR count). The summed E-state index contributed by atoms with van der Waals surface area (Å²) >= 11 is 0. The second kappa shape index (κ2) is 9.55. The third-order valence-electron chi connectivity index (χ3n) is 1.71. The van der Waals surface area contributed by atoms with Crippen LogP contribution in [-0.2, 0) is 4.79 Å². The van der Waals surface area contributed by atoms with Crippen LogP contribution in [0.5, 0.6) is 0 Å². The van der Waals surface area contributed by atoms with Crippen molar-refractivity contribution in [3.63, 3.8) is 0 Å². The number of carbonyl (C=O) groups excluding carboxylic acids is 1. The third kappa shape index (κ3) is 7.81. The first kappa shape index (κ1) is 15.0. The van der Waals surface area contributed by atoms with Crippen LogP contribution in [0.1, 0.15) is 26.7 Å². The fourth-order valence-corrected chi connectivity index (χ4v) is 0.742. The second-order valence-corrected chi connectivity index (χ2v) is 2.72. The predicted octanol–water partition coefficient (Wildman–Crippen LogP) is 1.23. The van der Waals surface area contributed by atoms with Gasteiger partial charge in [0.25, 0.3) is 0 Å². The number of hydrogen-bond donors (Lipinski definition) is 2. The number of unbranched alkanes of at least 4 members (excludes halogenated alkanes) is 1. The molecule has 0 aliphatic heterocycles. The number of halogens is 1. The lowest BCUT2D eigenvalue weighted by atomic mass is 10.2. The van der Waals surface area contributed by atoms with E-state index in [0.717, 1.165) is 25.0 Å². The largest absolute Gasteiger partial charge is 0.352 e. The fraction of sp³-hybridized carbons (Fsp3) is 0.667. The molecule has 0 fully saturated rings. The molecule has 4 heteroatoms. The Bertz CT molecular complexity index is 169. The van der Waals surface area contributed by atoms with Gasteiger partial charge in [0.2, 0.25) is 5.91 Å². The zero-order valence-electron chi connectivity index (χ0n) is 8.30. The Morgan fingerprint density at radius 1 is 1.46 bits per heavy atom. The molecule has 0 unspecified atom stereocenters. The van der Waals surface area contributed by atoms with Crippen molar-refractivity contribution < 1.29 is 4.79 Å². The van der Waals surface area contributed by atoms with Gasteiger partial charge in [0.15, 0.2) is 0 Å². The first-order valence-electron chi connectivity index (χ1n) is 4.33. The summed E-state index contributed by atoms with van der Waals surface area (Å²) < 4.78 is 0. The van der Waals surface area contributed by atoms with Crippen LogP contribution >= 0.6 is 12.4 Å². The van der Waals surface area contributed by atoms with Gasteiger partial charge in [0.05, 0.1) is 0 Å². The van der Waals surface area contributed by atoms with Crippen molar-refractivity contribution in [3.8, 4) is 0 Å². The molecule has 0 saturated carbocycles. The fourth-order valence-electron chi connectivity index (χ4n) is 0.742. The monoisotopic (exact) mass is 206 g/mol. The maximum absolute atomic E-state index is 11.1. The molecule has 3 N–H and O–H groups in total. The normalized spacial score (nSPS) is 10.5. The lowest BCUT2D eigenvalue weighted by Crippen LogP contribution is -2.25. The van der Waals surface area contributed by atoms with Gasteiger partial charge in [-0.15, -0.1) is 12.4 Å². The molecule has 0 aromatic heterocycles. The van der Waals surface area contributed by atoms with Crippen LogP contribution in [-0.4, -0.2) is 19.0 Å². The molecule has 0 spiro atoms. The highest BCUT2D eigenvalue weighted by Crippen LogP contribution is 1.91. The molecule has 78 valence electrons. The van der Waals surface area contributed by atoms with Crippen LogP contribution in [0.4, 0.5) is 0 Å². The number of nitrogens with two attached hydrogens (primary N) is 1. The number of amides is 1. The molecule has 13 heavy (non-hydrogen) atoms. The van der Waals surface area contributed by atoms with Crippen LogP contribution in [0.25, 0.3) is 0 Å². The molecule has 0 radical (unpaired) electrons. The average Bonchev–Trinajstić information content (AvgIpc) is 2.10. The third-order valence-corrected chi connectivity index (χ3v) is 1.71. The van der Waals surface area contributed by atoms with Crippen molar-refractivity contribution in [2.45, 2.75) is 26.7 Å². The molecule has 0 aromatic carbocycles. The van der Waals surface area contributed by atoms with Crippen molar-refractivity contribution >= 4 is 18.3 Å². The summed E-state index contributed by atoms with van der Waals surface area (Å²) in [5.41, 5.74) is 6.07. The Kier molecular flexibility index (Phi) is 11.0. The summed E-state index contributed by atoms with van der Waals surface area (Å²) in [7, 11) is 0. The van der Waals surface area contributed by atoms with Gasteiger partial charge in [-0.2, -0.15) is 0 Å². The standard InChI is InChI=1S/C9H18N2O.ClH/c1-3-8(2)9(12)11-7-5-4-6-10;/h3H,4-7,10H2,1-2H3,(H,11,12);1H. The van der Waals surface area contributed by atoms with Crippen molar-refractivity contribution in [1.29, 1.82) is 0 Å². The first-order valence-corrected chi connectivity index (χ1v) is 4.33. The summed E-state index contributed by atoms with van der Waals surface area (Å²) in [5, 5.41) is 2.81. The minimum Gasteiger partial charge on any atom is -0.352 e. The number of carbonyl (C=O) groups is 1. The van der Waals surface area contributed by atoms with Crippen molar-refractivity contribution in [2.75, 3.05) is 13.1 Å². The van der Waals surface area contributed by atoms with E-state index in [1.54, 1.807) is 13.0 Å². The van der Waals surface area contributed by atoms with Gasteiger partial charge in [-0.25, -0.2) is 0 Å². The van der Waals surface area contributed by atoms with Crippen molar-refractivity contribution in [1.82, 2.24) is 5.32 Å². The highest BCUT2D eigenvalue weighted by Gasteiger charge is 1.99. The minimum absolute atomic E-state index is 0. The van der Waals surface area contributed by atoms with Gasteiger partial charge in [-0.1, -0.05) is 6.08 Å². The summed E-state index contributed by atoms with van der Waals surface area (Å²) in [6.45, 7) is 5.08. The summed E-state index contributed by atoms with van der Waals surface area (Å²) in [6.07, 6.45) is 3.73. The number of rotatable bonds is 5. The first-order chi connectivity index (χ1) is 5.72. The molecule has 0 aliphatic rings. The van der Waals surface area contributed by atoms with E-state index in [2.05, 4.69) is 5.32 Å². The van der Waals surface area contributed by atoms with E-state index in [-0.39, 0.29) is 18.3 Å². The SMILES string of the molecule is CC=C(C)C(=O)NCCCCN.Cl. The summed E-state index contributed by atoms with van der Waals surface area (Å²) in [4.78, 5) is 11.1. The van der Waals surface area contributed by atoms with Crippen LogP contribution in [0.2, 0.25) is 0 Å². The van der Waals surface area contributed by atoms with E-state index in [9.17, 15) is 4.79 Å². The molecular weight excluding hydrogens is 188 g/mol. The summed E-state index contributed by atoms with van der Waals surface area (Å²) in [6, 6.07) is 0. The number of hydrogen-bond acceptors (Lipinski definition) is 2. The zero-order chi connectivity index (χ0) is 9.40. The van der Waals surface area contributed by atoms with E-state index in [1.165, 1.54) is 0 Å². The Morgan fingerprint density at radius 3 is 2.54 bits per heavy atom. The Labute approximate surface area is 86.2 Å². The topological polar surface area (TPSA) is 55.1 Å². The summed E-state index contributed by atoms with van der Waals surface area (Å²) in [5.74, 6) is 0.0227. The van der Waals surface area contributed by atoms with E-state index in [1.807, 2.05) is 6.92 Å². The van der Waals surface area contributed by atoms with Crippen molar-refractivity contribution in [3.05, 3.63) is 11.6 Å². The average molecular weight is 207 g/mol. The van der Waals surface area contributed by atoms with Crippen LogP contribution in [0.15, 0.2) is 11.6 Å². The predicted molar refractivity (Wildman–Crippen MR) is 58.0 cm³/mol. The Balaban J connectivity index is 0. The zero-order valence-corrected chi connectivity index (χ0v) is 9.12. The van der Waals surface area contributed by atoms with E-state index < -0.39 is 0 Å². The molecular formula is C9H19ClN2O.